The fourth-order valence-electron chi connectivity index (χ4n) is 1.97. The van der Waals surface area contributed by atoms with Gasteiger partial charge in [-0.05, 0) is 17.5 Å². The van der Waals surface area contributed by atoms with Crippen LogP contribution in [0.3, 0.4) is 0 Å². The molecule has 0 amide bonds. The summed E-state index contributed by atoms with van der Waals surface area (Å²) >= 11 is 0. The van der Waals surface area contributed by atoms with E-state index in [0.29, 0.717) is 17.0 Å². The molecule has 0 aliphatic carbocycles. The third-order valence-electron chi connectivity index (χ3n) is 2.81. The van der Waals surface area contributed by atoms with Crippen molar-refractivity contribution in [1.82, 2.24) is 9.78 Å². The van der Waals surface area contributed by atoms with E-state index in [1.165, 1.54) is 6.07 Å². The van der Waals surface area contributed by atoms with Gasteiger partial charge >= 0.3 is 0 Å². The van der Waals surface area contributed by atoms with Crippen LogP contribution in [-0.4, -0.2) is 9.78 Å². The first-order chi connectivity index (χ1) is 9.10. The summed E-state index contributed by atoms with van der Waals surface area (Å²) in [5.41, 5.74) is 1.98. The van der Waals surface area contributed by atoms with E-state index in [4.69, 9.17) is 5.26 Å². The van der Waals surface area contributed by atoms with Crippen molar-refractivity contribution in [3.05, 3.63) is 42.0 Å². The van der Waals surface area contributed by atoms with Crippen LogP contribution in [-0.2, 0) is 13.0 Å². The standard InChI is InChI=1S/C15H16FN3/c1-11(2)9-19-10-13(8-18-19)14-4-3-12(5-6-17)7-15(14)16/h3-4,7-8,10-11H,5,9H2,1-2H3. The summed E-state index contributed by atoms with van der Waals surface area (Å²) in [6, 6.07) is 6.91. The highest BCUT2D eigenvalue weighted by Crippen LogP contribution is 2.23. The maximum Gasteiger partial charge on any atom is 0.131 e. The summed E-state index contributed by atoms with van der Waals surface area (Å²) in [6.07, 6.45) is 3.75. The molecule has 0 bridgehead atoms. The lowest BCUT2D eigenvalue weighted by Gasteiger charge is -2.04. The Morgan fingerprint density at radius 1 is 1.42 bits per heavy atom. The van der Waals surface area contributed by atoms with Gasteiger partial charge in [0.25, 0.3) is 0 Å². The number of nitrogens with zero attached hydrogens (tertiary/aromatic N) is 3. The Morgan fingerprint density at radius 3 is 2.84 bits per heavy atom. The number of rotatable bonds is 4. The van der Waals surface area contributed by atoms with E-state index >= 15 is 0 Å². The average molecular weight is 257 g/mol. The SMILES string of the molecule is CC(C)Cn1cc(-c2ccc(CC#N)cc2F)cn1. The Labute approximate surface area is 112 Å². The first kappa shape index (κ1) is 13.3. The second kappa shape index (κ2) is 5.66. The summed E-state index contributed by atoms with van der Waals surface area (Å²) in [5.74, 6) is 0.187. The lowest BCUT2D eigenvalue weighted by molar-refractivity contribution is 0.483. The predicted molar refractivity (Wildman–Crippen MR) is 71.8 cm³/mol. The molecule has 0 aliphatic rings. The second-order valence-electron chi connectivity index (χ2n) is 4.99. The predicted octanol–water partition coefficient (Wildman–Crippen LogP) is 3.41. The third-order valence-corrected chi connectivity index (χ3v) is 2.81. The number of nitriles is 1. The molecular weight excluding hydrogens is 241 g/mol. The Hall–Kier alpha value is -2.15. The zero-order valence-corrected chi connectivity index (χ0v) is 11.1. The molecule has 0 aliphatic heterocycles. The molecule has 0 fully saturated rings. The maximum atomic E-state index is 14.0. The number of benzene rings is 1. The molecule has 0 saturated carbocycles. The van der Waals surface area contributed by atoms with Crippen LogP contribution >= 0.6 is 0 Å². The van der Waals surface area contributed by atoms with Gasteiger partial charge in [-0.25, -0.2) is 4.39 Å². The average Bonchev–Trinajstić information content (AvgIpc) is 2.77. The van der Waals surface area contributed by atoms with Gasteiger partial charge in [0.2, 0.25) is 0 Å². The molecule has 1 aromatic heterocycles. The fourth-order valence-corrected chi connectivity index (χ4v) is 1.97. The molecule has 1 heterocycles. The smallest absolute Gasteiger partial charge is 0.131 e. The summed E-state index contributed by atoms with van der Waals surface area (Å²) in [4.78, 5) is 0. The van der Waals surface area contributed by atoms with Crippen molar-refractivity contribution in [2.75, 3.05) is 0 Å². The van der Waals surface area contributed by atoms with Crippen molar-refractivity contribution in [3.63, 3.8) is 0 Å². The van der Waals surface area contributed by atoms with Crippen molar-refractivity contribution < 1.29 is 4.39 Å². The Kier molecular flexibility index (Phi) is 3.96. The van der Waals surface area contributed by atoms with Crippen molar-refractivity contribution >= 4 is 0 Å². The Bertz CT molecular complexity index is 608. The van der Waals surface area contributed by atoms with E-state index < -0.39 is 0 Å². The summed E-state index contributed by atoms with van der Waals surface area (Å²) in [5, 5.41) is 12.8. The minimum absolute atomic E-state index is 0.226. The van der Waals surface area contributed by atoms with Crippen molar-refractivity contribution in [1.29, 1.82) is 5.26 Å². The van der Waals surface area contributed by atoms with Crippen LogP contribution in [0.2, 0.25) is 0 Å². The number of aromatic nitrogens is 2. The Balaban J connectivity index is 2.27. The molecule has 2 aromatic rings. The van der Waals surface area contributed by atoms with Crippen molar-refractivity contribution in [2.45, 2.75) is 26.8 Å². The minimum atomic E-state index is -0.308. The van der Waals surface area contributed by atoms with E-state index in [9.17, 15) is 4.39 Å². The molecule has 3 nitrogen and oxygen atoms in total. The van der Waals surface area contributed by atoms with Crippen LogP contribution < -0.4 is 0 Å². The highest BCUT2D eigenvalue weighted by Gasteiger charge is 2.09. The summed E-state index contributed by atoms with van der Waals surface area (Å²) < 4.78 is 15.8. The topological polar surface area (TPSA) is 41.6 Å². The molecule has 0 unspecified atom stereocenters. The molecule has 0 N–H and O–H groups in total. The van der Waals surface area contributed by atoms with E-state index in [2.05, 4.69) is 18.9 Å². The fraction of sp³-hybridized carbons (Fsp3) is 0.333. The van der Waals surface area contributed by atoms with E-state index in [0.717, 1.165) is 12.1 Å². The van der Waals surface area contributed by atoms with Crippen LogP contribution in [0.25, 0.3) is 11.1 Å². The van der Waals surface area contributed by atoms with Gasteiger partial charge in [0, 0.05) is 23.9 Å². The molecule has 1 aromatic carbocycles. The van der Waals surface area contributed by atoms with Crippen LogP contribution in [0.1, 0.15) is 19.4 Å². The largest absolute Gasteiger partial charge is 0.272 e. The third kappa shape index (κ3) is 3.19. The van der Waals surface area contributed by atoms with Gasteiger partial charge in [0.15, 0.2) is 0 Å². The first-order valence-electron chi connectivity index (χ1n) is 6.28. The molecule has 4 heteroatoms. The second-order valence-corrected chi connectivity index (χ2v) is 4.99. The van der Waals surface area contributed by atoms with Gasteiger partial charge in [0.1, 0.15) is 5.82 Å². The number of hydrogen-bond acceptors (Lipinski definition) is 2. The lowest BCUT2D eigenvalue weighted by Crippen LogP contribution is -2.04. The van der Waals surface area contributed by atoms with E-state index in [-0.39, 0.29) is 12.2 Å². The first-order valence-corrected chi connectivity index (χ1v) is 6.28. The normalized spacial score (nSPS) is 10.7. The number of hydrogen-bond donors (Lipinski definition) is 0. The molecule has 19 heavy (non-hydrogen) atoms. The summed E-state index contributed by atoms with van der Waals surface area (Å²) in [7, 11) is 0. The Morgan fingerprint density at radius 2 is 2.21 bits per heavy atom. The van der Waals surface area contributed by atoms with Crippen LogP contribution in [0.5, 0.6) is 0 Å². The van der Waals surface area contributed by atoms with Crippen LogP contribution in [0.15, 0.2) is 30.6 Å². The zero-order chi connectivity index (χ0) is 13.8. The van der Waals surface area contributed by atoms with Crippen LogP contribution in [0.4, 0.5) is 4.39 Å². The minimum Gasteiger partial charge on any atom is -0.272 e. The summed E-state index contributed by atoms with van der Waals surface area (Å²) in [6.45, 7) is 5.03. The van der Waals surface area contributed by atoms with Gasteiger partial charge in [0.05, 0.1) is 18.7 Å². The van der Waals surface area contributed by atoms with Gasteiger partial charge in [-0.1, -0.05) is 26.0 Å². The van der Waals surface area contributed by atoms with E-state index in [1.54, 1.807) is 18.3 Å². The molecule has 0 saturated heterocycles. The van der Waals surface area contributed by atoms with Crippen LogP contribution in [0, 0.1) is 23.1 Å². The van der Waals surface area contributed by atoms with E-state index in [1.807, 2.05) is 16.9 Å². The van der Waals surface area contributed by atoms with Gasteiger partial charge in [-0.2, -0.15) is 10.4 Å². The molecule has 0 radical (unpaired) electrons. The highest BCUT2D eigenvalue weighted by atomic mass is 19.1. The molecule has 98 valence electrons. The molecule has 0 spiro atoms. The van der Waals surface area contributed by atoms with Gasteiger partial charge in [-0.15, -0.1) is 0 Å². The molecular formula is C15H16FN3. The molecule has 2 rings (SSSR count). The monoisotopic (exact) mass is 257 g/mol. The van der Waals surface area contributed by atoms with Gasteiger partial charge in [-0.3, -0.25) is 4.68 Å². The lowest BCUT2D eigenvalue weighted by atomic mass is 10.1. The quantitative estimate of drug-likeness (QED) is 0.842. The van der Waals surface area contributed by atoms with Gasteiger partial charge < -0.3 is 0 Å². The van der Waals surface area contributed by atoms with Crippen molar-refractivity contribution in [2.24, 2.45) is 5.92 Å². The molecule has 0 atom stereocenters. The van der Waals surface area contributed by atoms with Crippen molar-refractivity contribution in [3.8, 4) is 17.2 Å². The number of halogens is 1. The zero-order valence-electron chi connectivity index (χ0n) is 11.1. The maximum absolute atomic E-state index is 14.0. The highest BCUT2D eigenvalue weighted by molar-refractivity contribution is 5.62.